The summed E-state index contributed by atoms with van der Waals surface area (Å²) in [6, 6.07) is 18.9. The van der Waals surface area contributed by atoms with Gasteiger partial charge >= 0.3 is 33.5 Å². The Kier molecular flexibility index (Phi) is 5.18. The van der Waals surface area contributed by atoms with Gasteiger partial charge < -0.3 is 0 Å². The fraction of sp³-hybridized carbons (Fsp3) is 0.0556. The van der Waals surface area contributed by atoms with Crippen molar-refractivity contribution in [3.8, 4) is 0 Å². The molecular formula is C18H12Cl2CrN. The van der Waals surface area contributed by atoms with Gasteiger partial charge in [0.1, 0.15) is 0 Å². The molecule has 1 unspecified atom stereocenters. The molecule has 4 heteroatoms. The van der Waals surface area contributed by atoms with Crippen LogP contribution < -0.4 is 0 Å². The Morgan fingerprint density at radius 2 is 1.64 bits per heavy atom. The number of halogens is 2. The first-order valence-corrected chi connectivity index (χ1v) is 10.3. The van der Waals surface area contributed by atoms with Gasteiger partial charge in [-0.25, -0.2) is 6.08 Å². The maximum atomic E-state index is 4.83. The Morgan fingerprint density at radius 3 is 2.50 bits per heavy atom. The van der Waals surface area contributed by atoms with Gasteiger partial charge in [0.2, 0.25) is 0 Å². The summed E-state index contributed by atoms with van der Waals surface area (Å²) in [5.74, 6) is 0.204. The molecule has 1 aliphatic carbocycles. The molecule has 109 valence electrons. The molecule has 1 heterocycles. The molecule has 1 aromatic heterocycles. The average molecular weight is 365 g/mol. The number of rotatable bonds is 1. The molecule has 1 aliphatic rings. The van der Waals surface area contributed by atoms with Crippen LogP contribution in [0.25, 0.3) is 17.0 Å². The normalized spacial score (nSPS) is 15.1. The number of para-hydroxylation sites is 1. The fourth-order valence-corrected chi connectivity index (χ4v) is 2.79. The SMILES string of the molecule is [C-]1=Cc2ccccc2C1c1cccc2cccnc12.[Cl][Cr+][Cl]. The standard InChI is InChI=1S/C18H12N.2ClH.Cr/c1-2-8-15-13(5-1)10-11-16(15)17-9-3-6-14-7-4-12-19-18(14)17;;;/h1-10,12,16H;2*1H;/q-1;;;+3/p-2. The van der Waals surface area contributed by atoms with Crippen molar-refractivity contribution in [2.45, 2.75) is 5.92 Å². The first-order valence-electron chi connectivity index (χ1n) is 6.76. The topological polar surface area (TPSA) is 12.9 Å². The zero-order chi connectivity index (χ0) is 15.4. The van der Waals surface area contributed by atoms with Gasteiger partial charge in [-0.2, -0.15) is 5.56 Å². The molecule has 2 aromatic carbocycles. The summed E-state index contributed by atoms with van der Waals surface area (Å²) in [5, 5.41) is 1.19. The molecule has 3 aromatic rings. The minimum atomic E-state index is -0.181. The van der Waals surface area contributed by atoms with Gasteiger partial charge in [-0.15, -0.1) is 11.6 Å². The van der Waals surface area contributed by atoms with Crippen LogP contribution in [0.1, 0.15) is 22.6 Å². The first kappa shape index (κ1) is 15.6. The van der Waals surface area contributed by atoms with Crippen LogP contribution in [0, 0.1) is 6.08 Å². The number of fused-ring (bicyclic) bond motifs is 2. The predicted octanol–water partition coefficient (Wildman–Crippen LogP) is 5.57. The van der Waals surface area contributed by atoms with E-state index in [0.717, 1.165) is 5.52 Å². The van der Waals surface area contributed by atoms with Gasteiger partial charge in [-0.05, 0) is 11.6 Å². The Hall–Kier alpha value is -1.30. The maximum absolute atomic E-state index is 4.83. The molecule has 0 aliphatic heterocycles. The van der Waals surface area contributed by atoms with Crippen molar-refractivity contribution in [2.75, 3.05) is 0 Å². The summed E-state index contributed by atoms with van der Waals surface area (Å²) < 4.78 is 0. The molecule has 22 heavy (non-hydrogen) atoms. The average Bonchev–Trinajstić information content (AvgIpc) is 2.99. The van der Waals surface area contributed by atoms with Crippen LogP contribution in [0.2, 0.25) is 0 Å². The third-order valence-electron chi connectivity index (χ3n) is 3.69. The quantitative estimate of drug-likeness (QED) is 0.514. The molecule has 0 saturated carbocycles. The molecule has 0 fully saturated rings. The van der Waals surface area contributed by atoms with Gasteiger partial charge in [-0.1, -0.05) is 48.4 Å². The molecule has 4 rings (SSSR count). The Bertz CT molecular complexity index is 812. The Morgan fingerprint density at radius 1 is 0.909 bits per heavy atom. The number of benzene rings is 2. The third kappa shape index (κ3) is 3.07. The van der Waals surface area contributed by atoms with Crippen molar-refractivity contribution in [3.05, 3.63) is 83.6 Å². The van der Waals surface area contributed by atoms with Crippen LogP contribution in [0.5, 0.6) is 0 Å². The number of nitrogens with zero attached hydrogens (tertiary/aromatic N) is 1. The summed E-state index contributed by atoms with van der Waals surface area (Å²) in [4.78, 5) is 4.54. The van der Waals surface area contributed by atoms with Crippen molar-refractivity contribution in [2.24, 2.45) is 0 Å². The molecule has 0 radical (unpaired) electrons. The summed E-state index contributed by atoms with van der Waals surface area (Å²) in [6.07, 6.45) is 7.41. The second-order valence-corrected chi connectivity index (χ2v) is 6.96. The molecule has 0 saturated heterocycles. The van der Waals surface area contributed by atoms with Gasteiger partial charge in [-0.3, -0.25) is 11.1 Å². The van der Waals surface area contributed by atoms with Crippen molar-refractivity contribution in [1.29, 1.82) is 0 Å². The number of aromatic nitrogens is 1. The van der Waals surface area contributed by atoms with E-state index in [9.17, 15) is 0 Å². The number of hydrogen-bond acceptors (Lipinski definition) is 1. The summed E-state index contributed by atoms with van der Waals surface area (Å²) >= 11 is -0.181. The molecular weight excluding hydrogens is 353 g/mol. The van der Waals surface area contributed by atoms with E-state index in [4.69, 9.17) is 20.1 Å². The van der Waals surface area contributed by atoms with Crippen LogP contribution >= 0.6 is 20.1 Å². The first-order chi connectivity index (χ1) is 10.8. The molecule has 1 nitrogen and oxygen atoms in total. The number of hydrogen-bond donors (Lipinski definition) is 0. The molecule has 0 amide bonds. The predicted molar refractivity (Wildman–Crippen MR) is 89.4 cm³/mol. The van der Waals surface area contributed by atoms with Gasteiger partial charge in [0.05, 0.1) is 5.52 Å². The van der Waals surface area contributed by atoms with Crippen molar-refractivity contribution in [3.63, 3.8) is 0 Å². The van der Waals surface area contributed by atoms with E-state index in [2.05, 4.69) is 65.7 Å². The fourth-order valence-electron chi connectivity index (χ4n) is 2.79. The third-order valence-corrected chi connectivity index (χ3v) is 3.69. The minimum absolute atomic E-state index is 0.181. The van der Waals surface area contributed by atoms with Crippen LogP contribution in [-0.2, 0) is 13.4 Å². The van der Waals surface area contributed by atoms with Crippen LogP contribution in [-0.4, -0.2) is 4.98 Å². The molecule has 0 N–H and O–H groups in total. The zero-order valence-corrected chi connectivity index (χ0v) is 14.3. The van der Waals surface area contributed by atoms with Crippen molar-refractivity contribution in [1.82, 2.24) is 4.98 Å². The number of pyridine rings is 1. The number of allylic oxidation sites excluding steroid dienone is 1. The second kappa shape index (κ2) is 7.31. The zero-order valence-electron chi connectivity index (χ0n) is 11.5. The summed E-state index contributed by atoms with van der Waals surface area (Å²) in [5.41, 5.74) is 4.90. The van der Waals surface area contributed by atoms with E-state index in [1.54, 1.807) is 0 Å². The molecule has 1 atom stereocenters. The van der Waals surface area contributed by atoms with Gasteiger partial charge in [0.15, 0.2) is 0 Å². The Balaban J connectivity index is 0.000000446. The van der Waals surface area contributed by atoms with E-state index < -0.39 is 0 Å². The van der Waals surface area contributed by atoms with Crippen LogP contribution in [0.15, 0.2) is 60.8 Å². The molecule has 0 spiro atoms. The van der Waals surface area contributed by atoms with E-state index in [1.807, 2.05) is 12.3 Å². The van der Waals surface area contributed by atoms with E-state index in [-0.39, 0.29) is 19.3 Å². The van der Waals surface area contributed by atoms with Gasteiger partial charge in [0, 0.05) is 11.6 Å². The van der Waals surface area contributed by atoms with Crippen LogP contribution in [0.4, 0.5) is 0 Å². The Labute approximate surface area is 144 Å². The van der Waals surface area contributed by atoms with Gasteiger partial charge in [0.25, 0.3) is 0 Å². The van der Waals surface area contributed by atoms with E-state index in [0.29, 0.717) is 0 Å². The monoisotopic (exact) mass is 364 g/mol. The van der Waals surface area contributed by atoms with E-state index >= 15 is 0 Å². The molecule has 0 bridgehead atoms. The van der Waals surface area contributed by atoms with Crippen molar-refractivity contribution >= 4 is 37.1 Å². The van der Waals surface area contributed by atoms with E-state index in [1.165, 1.54) is 22.1 Å². The van der Waals surface area contributed by atoms with Crippen molar-refractivity contribution < 1.29 is 13.4 Å². The second-order valence-electron chi connectivity index (χ2n) is 4.85. The van der Waals surface area contributed by atoms with Crippen LogP contribution in [0.3, 0.4) is 0 Å². The summed E-state index contributed by atoms with van der Waals surface area (Å²) in [6.45, 7) is 0. The summed E-state index contributed by atoms with van der Waals surface area (Å²) in [7, 11) is 9.65.